The summed E-state index contributed by atoms with van der Waals surface area (Å²) in [7, 11) is -2.22. The maximum Gasteiger partial charge on any atom is 0.305 e. The van der Waals surface area contributed by atoms with Crippen molar-refractivity contribution in [2.24, 2.45) is 0 Å². The highest BCUT2D eigenvalue weighted by atomic mass is 32.2. The van der Waals surface area contributed by atoms with Crippen molar-refractivity contribution < 1.29 is 27.9 Å². The summed E-state index contributed by atoms with van der Waals surface area (Å²) in [6.07, 6.45) is -0.174. The second kappa shape index (κ2) is 7.94. The number of hydrogen-bond acceptors (Lipinski definition) is 5. The number of hydrogen-bond donors (Lipinski definition) is 1. The van der Waals surface area contributed by atoms with Gasteiger partial charge in [-0.05, 0) is 24.6 Å². The van der Waals surface area contributed by atoms with Crippen LogP contribution < -0.4 is 0 Å². The van der Waals surface area contributed by atoms with Crippen molar-refractivity contribution in [2.45, 2.75) is 18.2 Å². The third kappa shape index (κ3) is 4.56. The van der Waals surface area contributed by atoms with Gasteiger partial charge in [0.1, 0.15) is 0 Å². The molecule has 9 heteroatoms. The van der Waals surface area contributed by atoms with E-state index in [1.807, 2.05) is 0 Å². The quantitative estimate of drug-likeness (QED) is 0.785. The summed E-state index contributed by atoms with van der Waals surface area (Å²) in [5, 5.41) is 8.71. The molecule has 0 spiro atoms. The van der Waals surface area contributed by atoms with Crippen LogP contribution in [0.15, 0.2) is 23.1 Å². The van der Waals surface area contributed by atoms with Gasteiger partial charge in [0.25, 0.3) is 5.91 Å². The number of carbonyl (C=O) groups is 2. The zero-order chi connectivity index (χ0) is 18.6. The maximum atomic E-state index is 12.8. The summed E-state index contributed by atoms with van der Waals surface area (Å²) >= 11 is 0. The SMILES string of the molecule is Cc1ccc(C(=O)N(C)CCC(=O)O)cc1S(=O)(=O)N1CCOCC1. The van der Waals surface area contributed by atoms with Gasteiger partial charge < -0.3 is 14.7 Å². The lowest BCUT2D eigenvalue weighted by Crippen LogP contribution is -2.41. The molecule has 138 valence electrons. The highest BCUT2D eigenvalue weighted by Crippen LogP contribution is 2.23. The van der Waals surface area contributed by atoms with Crippen LogP contribution in [0.4, 0.5) is 0 Å². The number of carboxylic acid groups (broad SMARTS) is 1. The molecule has 2 rings (SSSR count). The second-order valence-electron chi connectivity index (χ2n) is 5.87. The molecule has 0 atom stereocenters. The van der Waals surface area contributed by atoms with Gasteiger partial charge >= 0.3 is 5.97 Å². The molecule has 1 aromatic carbocycles. The average molecular weight is 370 g/mol. The normalized spacial score (nSPS) is 15.8. The van der Waals surface area contributed by atoms with Crippen molar-refractivity contribution in [1.82, 2.24) is 9.21 Å². The van der Waals surface area contributed by atoms with Gasteiger partial charge in [0, 0.05) is 32.2 Å². The monoisotopic (exact) mass is 370 g/mol. The number of amides is 1. The van der Waals surface area contributed by atoms with Gasteiger partial charge in [-0.1, -0.05) is 6.07 Å². The van der Waals surface area contributed by atoms with Gasteiger partial charge in [0.15, 0.2) is 0 Å². The minimum absolute atomic E-state index is 0.0492. The molecule has 1 fully saturated rings. The number of sulfonamides is 1. The Hall–Kier alpha value is -1.97. The van der Waals surface area contributed by atoms with Gasteiger partial charge in [-0.3, -0.25) is 9.59 Å². The molecule has 0 aromatic heterocycles. The Kier molecular flexibility index (Phi) is 6.15. The lowest BCUT2D eigenvalue weighted by Gasteiger charge is -2.27. The van der Waals surface area contributed by atoms with Crippen LogP contribution in [0, 0.1) is 6.92 Å². The standard InChI is InChI=1S/C16H22N2O6S/c1-12-3-4-13(16(21)17(2)6-5-15(19)20)11-14(12)25(22,23)18-7-9-24-10-8-18/h3-4,11H,5-10H2,1-2H3,(H,19,20). The molecule has 1 aliphatic rings. The second-order valence-corrected chi connectivity index (χ2v) is 7.77. The van der Waals surface area contributed by atoms with E-state index < -0.39 is 21.9 Å². The van der Waals surface area contributed by atoms with Gasteiger partial charge in [-0.15, -0.1) is 0 Å². The molecule has 1 amide bonds. The predicted molar refractivity (Wildman–Crippen MR) is 90.0 cm³/mol. The van der Waals surface area contributed by atoms with Gasteiger partial charge in [-0.2, -0.15) is 4.31 Å². The molecule has 1 heterocycles. The van der Waals surface area contributed by atoms with E-state index in [0.29, 0.717) is 18.8 Å². The minimum Gasteiger partial charge on any atom is -0.481 e. The first-order valence-corrected chi connectivity index (χ1v) is 9.33. The summed E-state index contributed by atoms with van der Waals surface area (Å²) in [4.78, 5) is 24.4. The van der Waals surface area contributed by atoms with Crippen LogP contribution in [0.1, 0.15) is 22.3 Å². The smallest absolute Gasteiger partial charge is 0.305 e. The molecule has 8 nitrogen and oxygen atoms in total. The van der Waals surface area contributed by atoms with E-state index in [1.54, 1.807) is 19.1 Å². The Morgan fingerprint density at radius 1 is 1.28 bits per heavy atom. The molecule has 1 aromatic rings. The fourth-order valence-corrected chi connectivity index (χ4v) is 4.18. The molecule has 1 aliphatic heterocycles. The molecule has 0 saturated carbocycles. The number of carbonyl (C=O) groups excluding carboxylic acids is 1. The maximum absolute atomic E-state index is 12.8. The fourth-order valence-electron chi connectivity index (χ4n) is 2.52. The lowest BCUT2D eigenvalue weighted by molar-refractivity contribution is -0.137. The number of benzene rings is 1. The Balaban J connectivity index is 2.27. The third-order valence-corrected chi connectivity index (χ3v) is 6.07. The Morgan fingerprint density at radius 2 is 1.92 bits per heavy atom. The number of ether oxygens (including phenoxy) is 1. The minimum atomic E-state index is -3.71. The molecule has 0 bridgehead atoms. The van der Waals surface area contributed by atoms with Crippen molar-refractivity contribution in [3.05, 3.63) is 29.3 Å². The molecule has 0 radical (unpaired) electrons. The topological polar surface area (TPSA) is 104 Å². The van der Waals surface area contributed by atoms with E-state index in [2.05, 4.69) is 0 Å². The largest absolute Gasteiger partial charge is 0.481 e. The first-order chi connectivity index (χ1) is 11.7. The Morgan fingerprint density at radius 3 is 2.52 bits per heavy atom. The molecule has 1 N–H and O–H groups in total. The number of carboxylic acids is 1. The van der Waals surface area contributed by atoms with Gasteiger partial charge in [0.2, 0.25) is 10.0 Å². The zero-order valence-electron chi connectivity index (χ0n) is 14.3. The number of aliphatic carboxylic acids is 1. The summed E-state index contributed by atoms with van der Waals surface area (Å²) in [5.74, 6) is -1.42. The Bertz CT molecular complexity index is 756. The Labute approximate surface area is 147 Å². The number of aryl methyl sites for hydroxylation is 1. The molecular formula is C16H22N2O6S. The highest BCUT2D eigenvalue weighted by molar-refractivity contribution is 7.89. The van der Waals surface area contributed by atoms with Crippen molar-refractivity contribution in [1.29, 1.82) is 0 Å². The van der Waals surface area contributed by atoms with E-state index in [-0.39, 0.29) is 36.5 Å². The highest BCUT2D eigenvalue weighted by Gasteiger charge is 2.28. The fraction of sp³-hybridized carbons (Fsp3) is 0.500. The average Bonchev–Trinajstić information content (AvgIpc) is 2.60. The first kappa shape index (κ1) is 19.4. The van der Waals surface area contributed by atoms with Crippen LogP contribution in [0.3, 0.4) is 0 Å². The summed E-state index contributed by atoms with van der Waals surface area (Å²) in [5.41, 5.74) is 0.765. The predicted octanol–water partition coefficient (Wildman–Crippen LogP) is 0.563. The van der Waals surface area contributed by atoms with Crippen molar-refractivity contribution in [3.8, 4) is 0 Å². The first-order valence-electron chi connectivity index (χ1n) is 7.89. The van der Waals surface area contributed by atoms with E-state index in [9.17, 15) is 18.0 Å². The van der Waals surface area contributed by atoms with Gasteiger partial charge in [0.05, 0.1) is 24.5 Å². The van der Waals surface area contributed by atoms with Crippen LogP contribution in [0.5, 0.6) is 0 Å². The van der Waals surface area contributed by atoms with Gasteiger partial charge in [-0.25, -0.2) is 8.42 Å². The molecule has 0 aliphatic carbocycles. The molecule has 25 heavy (non-hydrogen) atoms. The zero-order valence-corrected chi connectivity index (χ0v) is 15.1. The van der Waals surface area contributed by atoms with E-state index in [4.69, 9.17) is 9.84 Å². The van der Waals surface area contributed by atoms with Crippen molar-refractivity contribution in [3.63, 3.8) is 0 Å². The van der Waals surface area contributed by atoms with E-state index in [1.165, 1.54) is 22.3 Å². The van der Waals surface area contributed by atoms with Crippen LogP contribution in [0.25, 0.3) is 0 Å². The summed E-state index contributed by atoms with van der Waals surface area (Å²) in [6.45, 7) is 2.96. The molecular weight excluding hydrogens is 348 g/mol. The summed E-state index contributed by atoms with van der Waals surface area (Å²) < 4.78 is 32.2. The lowest BCUT2D eigenvalue weighted by atomic mass is 10.1. The number of nitrogens with zero attached hydrogens (tertiary/aromatic N) is 2. The van der Waals surface area contributed by atoms with Crippen LogP contribution in [-0.2, 0) is 19.6 Å². The third-order valence-electron chi connectivity index (χ3n) is 4.03. The number of rotatable bonds is 6. The van der Waals surface area contributed by atoms with E-state index in [0.717, 1.165) is 0 Å². The van der Waals surface area contributed by atoms with Crippen LogP contribution in [0.2, 0.25) is 0 Å². The molecule has 1 saturated heterocycles. The van der Waals surface area contributed by atoms with Crippen molar-refractivity contribution in [2.75, 3.05) is 39.9 Å². The van der Waals surface area contributed by atoms with E-state index >= 15 is 0 Å². The van der Waals surface area contributed by atoms with Crippen LogP contribution >= 0.6 is 0 Å². The summed E-state index contributed by atoms with van der Waals surface area (Å²) in [6, 6.07) is 4.50. The number of morpholine rings is 1. The van der Waals surface area contributed by atoms with Crippen LogP contribution in [-0.4, -0.2) is 74.5 Å². The molecule has 0 unspecified atom stereocenters. The van der Waals surface area contributed by atoms with Crippen molar-refractivity contribution >= 4 is 21.9 Å².